The molecule has 0 rings (SSSR count). The first-order chi connectivity index (χ1) is 4.16. The summed E-state index contributed by atoms with van der Waals surface area (Å²) in [6, 6.07) is 0. The number of nitrogens with one attached hydrogen (secondary N) is 1. The Kier molecular flexibility index (Phi) is 4.01. The van der Waals surface area contributed by atoms with Crippen LogP contribution < -0.4 is 5.32 Å². The Labute approximate surface area is 54.4 Å². The lowest BCUT2D eigenvalue weighted by molar-refractivity contribution is -0.122. The third kappa shape index (κ3) is 5.27. The number of rotatable bonds is 3. The number of alkyl halides is 1. The monoisotopic (exact) mass is 133 g/mol. The van der Waals surface area contributed by atoms with Gasteiger partial charge in [-0.25, -0.2) is 4.39 Å². The molecule has 54 valence electrons. The molecule has 0 aromatic heterocycles. The van der Waals surface area contributed by atoms with Crippen molar-refractivity contribution in [3.05, 3.63) is 0 Å². The molecule has 0 aliphatic carbocycles. The molecule has 0 spiro atoms. The Bertz CT molecular complexity index is 93.1. The van der Waals surface area contributed by atoms with Crippen LogP contribution in [0.3, 0.4) is 0 Å². The zero-order chi connectivity index (χ0) is 7.28. The lowest BCUT2D eigenvalue weighted by atomic mass is 10.2. The highest BCUT2D eigenvalue weighted by atomic mass is 19.1. The van der Waals surface area contributed by atoms with Gasteiger partial charge in [0.15, 0.2) is 6.67 Å². The molecular weight excluding hydrogens is 121 g/mol. The van der Waals surface area contributed by atoms with E-state index < -0.39 is 12.6 Å². The van der Waals surface area contributed by atoms with Gasteiger partial charge in [0.2, 0.25) is 0 Å². The molecule has 1 N–H and O–H groups in total. The molecule has 0 atom stereocenters. The highest BCUT2D eigenvalue weighted by Crippen LogP contribution is 1.86. The summed E-state index contributed by atoms with van der Waals surface area (Å²) in [4.78, 5) is 10.2. The highest BCUT2D eigenvalue weighted by molar-refractivity contribution is 5.76. The maximum atomic E-state index is 11.4. The van der Waals surface area contributed by atoms with Crippen LogP contribution in [0, 0.1) is 5.92 Å². The van der Waals surface area contributed by atoms with Crippen molar-refractivity contribution in [3.63, 3.8) is 0 Å². The van der Waals surface area contributed by atoms with Gasteiger partial charge in [0, 0.05) is 6.54 Å². The molecule has 0 saturated carbocycles. The van der Waals surface area contributed by atoms with Crippen molar-refractivity contribution in [2.75, 3.05) is 13.2 Å². The molecule has 0 bridgehead atoms. The maximum Gasteiger partial charge on any atom is 0.251 e. The van der Waals surface area contributed by atoms with Crippen molar-refractivity contribution in [2.24, 2.45) is 5.92 Å². The summed E-state index contributed by atoms with van der Waals surface area (Å²) in [5.41, 5.74) is 0. The van der Waals surface area contributed by atoms with Gasteiger partial charge in [0.1, 0.15) is 0 Å². The molecule has 0 fully saturated rings. The summed E-state index contributed by atoms with van der Waals surface area (Å²) in [7, 11) is 0. The fourth-order valence-corrected chi connectivity index (χ4v) is 0.365. The van der Waals surface area contributed by atoms with Crippen LogP contribution in [0.5, 0.6) is 0 Å². The van der Waals surface area contributed by atoms with Crippen LogP contribution in [0.25, 0.3) is 0 Å². The number of hydrogen-bond donors (Lipinski definition) is 1. The van der Waals surface area contributed by atoms with Crippen LogP contribution in [0.15, 0.2) is 0 Å². The average Bonchev–Trinajstić information content (AvgIpc) is 1.83. The van der Waals surface area contributed by atoms with Crippen LogP contribution in [0.1, 0.15) is 13.8 Å². The Morgan fingerprint density at radius 1 is 1.67 bits per heavy atom. The fourth-order valence-electron chi connectivity index (χ4n) is 0.365. The number of carbonyl (C=O) groups excluding carboxylic acids is 1. The van der Waals surface area contributed by atoms with Crippen LogP contribution in [-0.2, 0) is 4.79 Å². The van der Waals surface area contributed by atoms with Gasteiger partial charge >= 0.3 is 0 Å². The van der Waals surface area contributed by atoms with Crippen molar-refractivity contribution < 1.29 is 9.18 Å². The van der Waals surface area contributed by atoms with Crippen molar-refractivity contribution >= 4 is 5.91 Å². The summed E-state index contributed by atoms with van der Waals surface area (Å²) >= 11 is 0. The van der Waals surface area contributed by atoms with Gasteiger partial charge in [-0.2, -0.15) is 0 Å². The second-order valence-corrected chi connectivity index (χ2v) is 2.33. The third-order valence-corrected chi connectivity index (χ3v) is 0.829. The SMILES string of the molecule is CC(C)CNC(=O)CF. The standard InChI is InChI=1S/C6H12FNO/c1-5(2)4-8-6(9)3-7/h5H,3-4H2,1-2H3,(H,8,9). The molecule has 0 aliphatic heterocycles. The third-order valence-electron chi connectivity index (χ3n) is 0.829. The molecule has 3 heteroatoms. The summed E-state index contributed by atoms with van der Waals surface area (Å²) in [5.74, 6) is -0.135. The van der Waals surface area contributed by atoms with Crippen molar-refractivity contribution in [2.45, 2.75) is 13.8 Å². The first-order valence-corrected chi connectivity index (χ1v) is 2.99. The molecule has 9 heavy (non-hydrogen) atoms. The summed E-state index contributed by atoms with van der Waals surface area (Å²) in [5, 5.41) is 2.42. The smallest absolute Gasteiger partial charge is 0.251 e. The van der Waals surface area contributed by atoms with Gasteiger partial charge in [0.05, 0.1) is 0 Å². The van der Waals surface area contributed by atoms with E-state index in [0.717, 1.165) is 0 Å². The molecule has 0 radical (unpaired) electrons. The van der Waals surface area contributed by atoms with E-state index in [0.29, 0.717) is 12.5 Å². The molecule has 0 aliphatic rings. The minimum Gasteiger partial charge on any atom is -0.354 e. The first kappa shape index (κ1) is 8.40. The molecule has 0 aromatic rings. The fraction of sp³-hybridized carbons (Fsp3) is 0.833. The summed E-state index contributed by atoms with van der Waals surface area (Å²) in [6.45, 7) is 3.56. The van der Waals surface area contributed by atoms with Crippen molar-refractivity contribution in [3.8, 4) is 0 Å². The number of halogens is 1. The summed E-state index contributed by atoms with van der Waals surface area (Å²) in [6.07, 6.45) is 0. The minimum absolute atomic E-state index is 0.389. The van der Waals surface area contributed by atoms with Gasteiger partial charge in [-0.3, -0.25) is 4.79 Å². The highest BCUT2D eigenvalue weighted by Gasteiger charge is 1.98. The van der Waals surface area contributed by atoms with Gasteiger partial charge in [-0.05, 0) is 5.92 Å². The van der Waals surface area contributed by atoms with Gasteiger partial charge in [-0.1, -0.05) is 13.8 Å². The lowest BCUT2D eigenvalue weighted by Crippen LogP contribution is -2.28. The van der Waals surface area contributed by atoms with Crippen molar-refractivity contribution in [1.82, 2.24) is 5.32 Å². The quantitative estimate of drug-likeness (QED) is 0.604. The van der Waals surface area contributed by atoms with E-state index in [2.05, 4.69) is 5.32 Å². The minimum atomic E-state index is -0.910. The van der Waals surface area contributed by atoms with Gasteiger partial charge in [0.25, 0.3) is 5.91 Å². The summed E-state index contributed by atoms with van der Waals surface area (Å²) < 4.78 is 11.4. The van der Waals surface area contributed by atoms with E-state index in [1.54, 1.807) is 0 Å². The van der Waals surface area contributed by atoms with E-state index >= 15 is 0 Å². The molecule has 0 aromatic carbocycles. The van der Waals surface area contributed by atoms with Crippen LogP contribution in [-0.4, -0.2) is 19.1 Å². The number of amides is 1. The van der Waals surface area contributed by atoms with Crippen LogP contribution >= 0.6 is 0 Å². The topological polar surface area (TPSA) is 29.1 Å². The molecule has 0 heterocycles. The predicted octanol–water partition coefficient (Wildman–Crippen LogP) is 0.728. The molecular formula is C6H12FNO. The van der Waals surface area contributed by atoms with E-state index in [-0.39, 0.29) is 0 Å². The second kappa shape index (κ2) is 4.30. The van der Waals surface area contributed by atoms with Gasteiger partial charge in [-0.15, -0.1) is 0 Å². The molecule has 1 amide bonds. The Hall–Kier alpha value is -0.600. The van der Waals surface area contributed by atoms with Crippen molar-refractivity contribution in [1.29, 1.82) is 0 Å². The van der Waals surface area contributed by atoms with Crippen LogP contribution in [0.2, 0.25) is 0 Å². The molecule has 0 saturated heterocycles. The number of hydrogen-bond acceptors (Lipinski definition) is 1. The Morgan fingerprint density at radius 2 is 2.22 bits per heavy atom. The second-order valence-electron chi connectivity index (χ2n) is 2.33. The zero-order valence-corrected chi connectivity index (χ0v) is 5.78. The normalized spacial score (nSPS) is 9.78. The largest absolute Gasteiger partial charge is 0.354 e. The van der Waals surface area contributed by atoms with E-state index in [1.165, 1.54) is 0 Å². The lowest BCUT2D eigenvalue weighted by Gasteiger charge is -2.03. The zero-order valence-electron chi connectivity index (χ0n) is 5.78. The van der Waals surface area contributed by atoms with E-state index in [9.17, 15) is 9.18 Å². The van der Waals surface area contributed by atoms with E-state index in [1.807, 2.05) is 13.8 Å². The molecule has 0 unspecified atom stereocenters. The van der Waals surface area contributed by atoms with E-state index in [4.69, 9.17) is 0 Å². The Balaban J connectivity index is 3.17. The van der Waals surface area contributed by atoms with Gasteiger partial charge < -0.3 is 5.32 Å². The predicted molar refractivity (Wildman–Crippen MR) is 33.8 cm³/mol. The average molecular weight is 133 g/mol. The molecule has 2 nitrogen and oxygen atoms in total. The maximum absolute atomic E-state index is 11.4. The first-order valence-electron chi connectivity index (χ1n) is 2.99. The Morgan fingerprint density at radius 3 is 2.56 bits per heavy atom. The number of carbonyl (C=O) groups is 1. The van der Waals surface area contributed by atoms with Crippen LogP contribution in [0.4, 0.5) is 4.39 Å².